The number of phosphoric acid groups is 1. The second-order valence-corrected chi connectivity index (χ2v) is 6.02. The van der Waals surface area contributed by atoms with Crippen LogP contribution in [0.5, 0.6) is 0 Å². The SMILES string of the molecule is Nc1ncnc2c1ncn2[C@@H]1O[C@H](COP(=O)([O-])[O-])[C@@H](O)[C@H]1O.[Ag]. The third kappa shape index (κ3) is 3.68. The molecule has 0 spiro atoms. The molecule has 3 heterocycles. The largest absolute Gasteiger partial charge is 0.790 e. The van der Waals surface area contributed by atoms with Crippen molar-refractivity contribution in [2.75, 3.05) is 12.3 Å². The standard InChI is InChI=1S/C10H14N5O7P.Ag/c11-8-5-9(13-2-12-8)15(3-14-5)10-7(17)6(16)4(22-10)1-21-23(18,19)20;/h2-4,6-7,10,16-17H,1H2,(H2,11,12,13)(H2,18,19,20);/p-2/t4-,6-,7-,10-;/m1./s1. The summed E-state index contributed by atoms with van der Waals surface area (Å²) in [5.41, 5.74) is 6.19. The smallest absolute Gasteiger partial charge is 0.167 e. The average molecular weight is 453 g/mol. The molecule has 2 aromatic heterocycles. The Morgan fingerprint density at radius 3 is 2.71 bits per heavy atom. The zero-order chi connectivity index (χ0) is 16.8. The number of hydrogen-bond donors (Lipinski definition) is 3. The second kappa shape index (κ2) is 7.14. The summed E-state index contributed by atoms with van der Waals surface area (Å²) in [6, 6.07) is 0. The zero-order valence-corrected chi connectivity index (χ0v) is 14.1. The number of nitrogens with zero attached hydrogens (tertiary/aromatic N) is 4. The minimum atomic E-state index is -5.22. The summed E-state index contributed by atoms with van der Waals surface area (Å²) in [5.74, 6) is 0.125. The number of ether oxygens (including phenoxy) is 1. The predicted molar refractivity (Wildman–Crippen MR) is 69.2 cm³/mol. The molecule has 24 heavy (non-hydrogen) atoms. The van der Waals surface area contributed by atoms with E-state index in [0.29, 0.717) is 0 Å². The van der Waals surface area contributed by atoms with Gasteiger partial charge in [0.05, 0.1) is 20.8 Å². The van der Waals surface area contributed by atoms with E-state index in [1.807, 2.05) is 0 Å². The summed E-state index contributed by atoms with van der Waals surface area (Å²) in [6.45, 7) is -0.719. The van der Waals surface area contributed by atoms with E-state index in [1.54, 1.807) is 0 Å². The molecule has 14 heteroatoms. The van der Waals surface area contributed by atoms with Crippen LogP contribution in [0.3, 0.4) is 0 Å². The number of fused-ring (bicyclic) bond motifs is 1. The van der Waals surface area contributed by atoms with Gasteiger partial charge >= 0.3 is 0 Å². The molecular weight excluding hydrogens is 441 g/mol. The Balaban J connectivity index is 0.00000208. The number of nitrogen functional groups attached to an aromatic ring is 1. The minimum Gasteiger partial charge on any atom is -0.790 e. The maximum Gasteiger partial charge on any atom is 0.167 e. The summed E-state index contributed by atoms with van der Waals surface area (Å²) in [6.07, 6.45) is -2.75. The number of aliphatic hydroxyl groups is 2. The molecule has 1 aliphatic rings. The summed E-state index contributed by atoms with van der Waals surface area (Å²) in [7, 11) is -5.22. The topological polar surface area (TPSA) is 192 Å². The first-order valence-electron chi connectivity index (χ1n) is 6.39. The Morgan fingerprint density at radius 1 is 1.33 bits per heavy atom. The fourth-order valence-electron chi connectivity index (χ4n) is 2.32. The van der Waals surface area contributed by atoms with Gasteiger partial charge in [0.15, 0.2) is 17.7 Å². The van der Waals surface area contributed by atoms with Crippen LogP contribution in [0.2, 0.25) is 0 Å². The van der Waals surface area contributed by atoms with Gasteiger partial charge in [-0.2, -0.15) is 0 Å². The fraction of sp³-hybridized carbons (Fsp3) is 0.500. The summed E-state index contributed by atoms with van der Waals surface area (Å²) < 4.78 is 21.3. The maximum absolute atomic E-state index is 10.5. The van der Waals surface area contributed by atoms with E-state index in [9.17, 15) is 24.6 Å². The quantitative estimate of drug-likeness (QED) is 0.313. The first-order valence-corrected chi connectivity index (χ1v) is 7.85. The van der Waals surface area contributed by atoms with Crippen molar-refractivity contribution in [2.45, 2.75) is 24.5 Å². The van der Waals surface area contributed by atoms with Crippen LogP contribution in [0.1, 0.15) is 6.23 Å². The van der Waals surface area contributed by atoms with Crippen LogP contribution in [0.25, 0.3) is 11.2 Å². The van der Waals surface area contributed by atoms with Crippen LogP contribution >= 0.6 is 7.82 Å². The molecule has 137 valence electrons. The number of rotatable bonds is 4. The summed E-state index contributed by atoms with van der Waals surface area (Å²) >= 11 is 0. The number of imidazole rings is 1. The molecule has 1 radical (unpaired) electrons. The molecule has 3 rings (SSSR count). The average Bonchev–Trinajstić information content (AvgIpc) is 3.01. The number of anilines is 1. The van der Waals surface area contributed by atoms with Gasteiger partial charge in [-0.1, -0.05) is 0 Å². The molecular formula is C10H12AgN5O7P-2. The van der Waals surface area contributed by atoms with Gasteiger partial charge in [-0.25, -0.2) is 15.0 Å². The van der Waals surface area contributed by atoms with Gasteiger partial charge in [-0.3, -0.25) is 4.57 Å². The molecule has 0 aromatic carbocycles. The Hall–Kier alpha value is -0.920. The molecule has 0 amide bonds. The number of aromatic nitrogens is 4. The fourth-order valence-corrected chi connectivity index (χ4v) is 2.65. The van der Waals surface area contributed by atoms with E-state index in [4.69, 9.17) is 10.5 Å². The number of aliphatic hydroxyl groups excluding tert-OH is 2. The van der Waals surface area contributed by atoms with Crippen molar-refractivity contribution < 1.29 is 56.2 Å². The molecule has 1 saturated heterocycles. The van der Waals surface area contributed by atoms with E-state index in [2.05, 4.69) is 19.5 Å². The first kappa shape index (κ1) is 19.4. The van der Waals surface area contributed by atoms with Crippen molar-refractivity contribution in [3.63, 3.8) is 0 Å². The van der Waals surface area contributed by atoms with Crippen LogP contribution in [0.15, 0.2) is 12.7 Å². The van der Waals surface area contributed by atoms with E-state index < -0.39 is 39.0 Å². The molecule has 1 fully saturated rings. The molecule has 0 aliphatic carbocycles. The van der Waals surface area contributed by atoms with Crippen molar-refractivity contribution in [3.8, 4) is 0 Å². The molecule has 0 saturated carbocycles. The zero-order valence-electron chi connectivity index (χ0n) is 11.7. The first-order chi connectivity index (χ1) is 10.8. The van der Waals surface area contributed by atoms with E-state index >= 15 is 0 Å². The summed E-state index contributed by atoms with van der Waals surface area (Å²) in [5, 5.41) is 20.0. The van der Waals surface area contributed by atoms with E-state index in [1.165, 1.54) is 17.2 Å². The van der Waals surface area contributed by atoms with Crippen molar-refractivity contribution in [2.24, 2.45) is 0 Å². The maximum atomic E-state index is 10.5. The van der Waals surface area contributed by atoms with Crippen molar-refractivity contribution in [1.82, 2.24) is 19.5 Å². The predicted octanol–water partition coefficient (Wildman–Crippen LogP) is -3.13. The Kier molecular flexibility index (Phi) is 5.77. The van der Waals surface area contributed by atoms with Gasteiger partial charge in [-0.05, 0) is 0 Å². The van der Waals surface area contributed by atoms with Crippen molar-refractivity contribution in [1.29, 1.82) is 0 Å². The van der Waals surface area contributed by atoms with Gasteiger partial charge in [-0.15, -0.1) is 0 Å². The van der Waals surface area contributed by atoms with Crippen molar-refractivity contribution in [3.05, 3.63) is 12.7 Å². The molecule has 1 aliphatic heterocycles. The number of hydrogen-bond acceptors (Lipinski definition) is 11. The number of phosphoric ester groups is 1. The molecule has 12 nitrogen and oxygen atoms in total. The molecule has 2 aromatic rings. The Bertz CT molecular complexity index is 769. The van der Waals surface area contributed by atoms with Crippen molar-refractivity contribution >= 4 is 24.8 Å². The van der Waals surface area contributed by atoms with Crippen LogP contribution in [0, 0.1) is 0 Å². The van der Waals surface area contributed by atoms with Gasteiger partial charge in [0.2, 0.25) is 0 Å². The molecule has 4 N–H and O–H groups in total. The van der Waals surface area contributed by atoms with Gasteiger partial charge in [0.1, 0.15) is 30.2 Å². The second-order valence-electron chi connectivity index (χ2n) is 4.87. The van der Waals surface area contributed by atoms with E-state index in [-0.39, 0.29) is 39.4 Å². The Morgan fingerprint density at radius 2 is 2.04 bits per heavy atom. The third-order valence-corrected chi connectivity index (χ3v) is 3.86. The van der Waals surface area contributed by atoms with Crippen LogP contribution in [-0.2, 0) is 36.2 Å². The molecule has 4 atom stereocenters. The minimum absolute atomic E-state index is 0. The summed E-state index contributed by atoms with van der Waals surface area (Å²) in [4.78, 5) is 32.8. The van der Waals surface area contributed by atoms with Crippen LogP contribution < -0.4 is 15.5 Å². The monoisotopic (exact) mass is 452 g/mol. The van der Waals surface area contributed by atoms with Crippen LogP contribution in [0.4, 0.5) is 5.82 Å². The van der Waals surface area contributed by atoms with E-state index in [0.717, 1.165) is 0 Å². The van der Waals surface area contributed by atoms with Gasteiger partial charge < -0.3 is 39.6 Å². The van der Waals surface area contributed by atoms with Crippen LogP contribution in [-0.4, -0.2) is 54.7 Å². The third-order valence-electron chi connectivity index (χ3n) is 3.40. The Labute approximate surface area is 150 Å². The van der Waals surface area contributed by atoms with Gasteiger partial charge in [0, 0.05) is 22.4 Å². The normalized spacial score (nSPS) is 27.3. The van der Waals surface area contributed by atoms with Gasteiger partial charge in [0.25, 0.3) is 0 Å². The number of nitrogens with two attached hydrogens (primary N) is 1. The molecule has 0 bridgehead atoms. The molecule has 0 unspecified atom stereocenters.